The third kappa shape index (κ3) is 4.22. The molecule has 0 unspecified atom stereocenters. The van der Waals surface area contributed by atoms with Crippen molar-refractivity contribution in [1.82, 2.24) is 4.90 Å². The number of morpholine rings is 1. The van der Waals surface area contributed by atoms with E-state index < -0.39 is 5.97 Å². The number of nitrogens with zero attached hydrogens (tertiary/aromatic N) is 1. The van der Waals surface area contributed by atoms with Gasteiger partial charge in [0.2, 0.25) is 0 Å². The van der Waals surface area contributed by atoms with Gasteiger partial charge in [-0.05, 0) is 11.1 Å². The normalized spacial score (nSPS) is 18.6. The number of rotatable bonds is 6. The van der Waals surface area contributed by atoms with E-state index in [-0.39, 0.29) is 18.4 Å². The van der Waals surface area contributed by atoms with Crippen molar-refractivity contribution >= 4 is 5.97 Å². The number of ether oxygens (including phenoxy) is 1. The van der Waals surface area contributed by atoms with E-state index in [0.29, 0.717) is 13.2 Å². The Morgan fingerprint density at radius 1 is 1.08 bits per heavy atom. The molecule has 24 heavy (non-hydrogen) atoms. The summed E-state index contributed by atoms with van der Waals surface area (Å²) in [6, 6.07) is 20.8. The van der Waals surface area contributed by atoms with E-state index >= 15 is 0 Å². The molecule has 3 rings (SSSR count). The lowest BCUT2D eigenvalue weighted by Crippen LogP contribution is -2.48. The first-order valence-corrected chi connectivity index (χ1v) is 8.37. The highest BCUT2D eigenvalue weighted by molar-refractivity contribution is 5.67. The number of hydrogen-bond donors (Lipinski definition) is 1. The molecule has 1 atom stereocenters. The Bertz CT molecular complexity index is 605. The van der Waals surface area contributed by atoms with E-state index in [0.717, 1.165) is 13.1 Å². The standard InChI is InChI=1S/C20H23NO3/c22-20(23)13-18-15-24-12-11-21(18)14-19(16-7-3-1-4-8-16)17-9-5-2-6-10-17/h1-10,18-19H,11-15H2,(H,22,23)/t18-/m0/s1. The van der Waals surface area contributed by atoms with Crippen LogP contribution in [-0.2, 0) is 9.53 Å². The van der Waals surface area contributed by atoms with Crippen molar-refractivity contribution in [3.05, 3.63) is 71.8 Å². The zero-order valence-electron chi connectivity index (χ0n) is 13.7. The van der Waals surface area contributed by atoms with E-state index in [1.54, 1.807) is 0 Å². The van der Waals surface area contributed by atoms with Crippen LogP contribution >= 0.6 is 0 Å². The fourth-order valence-corrected chi connectivity index (χ4v) is 3.33. The maximum Gasteiger partial charge on any atom is 0.305 e. The van der Waals surface area contributed by atoms with Crippen LogP contribution in [0.25, 0.3) is 0 Å². The van der Waals surface area contributed by atoms with Gasteiger partial charge >= 0.3 is 5.97 Å². The van der Waals surface area contributed by atoms with E-state index in [2.05, 4.69) is 53.4 Å². The average molecular weight is 325 g/mol. The Labute approximate surface area is 142 Å². The van der Waals surface area contributed by atoms with Crippen molar-refractivity contribution in [2.24, 2.45) is 0 Å². The third-order valence-corrected chi connectivity index (χ3v) is 4.58. The molecule has 1 N–H and O–H groups in total. The number of carboxylic acid groups (broad SMARTS) is 1. The van der Waals surface area contributed by atoms with Crippen molar-refractivity contribution in [2.75, 3.05) is 26.3 Å². The van der Waals surface area contributed by atoms with Crippen LogP contribution in [0.3, 0.4) is 0 Å². The van der Waals surface area contributed by atoms with Crippen molar-refractivity contribution in [3.63, 3.8) is 0 Å². The largest absolute Gasteiger partial charge is 0.481 e. The molecule has 126 valence electrons. The van der Waals surface area contributed by atoms with Gasteiger partial charge in [-0.15, -0.1) is 0 Å². The molecular formula is C20H23NO3. The minimum Gasteiger partial charge on any atom is -0.481 e. The highest BCUT2D eigenvalue weighted by Gasteiger charge is 2.28. The van der Waals surface area contributed by atoms with E-state index in [4.69, 9.17) is 9.84 Å². The van der Waals surface area contributed by atoms with Gasteiger partial charge < -0.3 is 9.84 Å². The highest BCUT2D eigenvalue weighted by Crippen LogP contribution is 2.27. The summed E-state index contributed by atoms with van der Waals surface area (Å²) in [4.78, 5) is 13.4. The van der Waals surface area contributed by atoms with Crippen LogP contribution in [-0.4, -0.2) is 48.3 Å². The van der Waals surface area contributed by atoms with E-state index in [9.17, 15) is 4.79 Å². The predicted octanol–water partition coefficient (Wildman–Crippen LogP) is 2.99. The van der Waals surface area contributed by atoms with Gasteiger partial charge in [-0.1, -0.05) is 60.7 Å². The van der Waals surface area contributed by atoms with Crippen LogP contribution in [0.2, 0.25) is 0 Å². The fraction of sp³-hybridized carbons (Fsp3) is 0.350. The summed E-state index contributed by atoms with van der Waals surface area (Å²) in [5.74, 6) is -0.548. The highest BCUT2D eigenvalue weighted by atomic mass is 16.5. The van der Waals surface area contributed by atoms with Crippen molar-refractivity contribution in [1.29, 1.82) is 0 Å². The van der Waals surface area contributed by atoms with Crippen molar-refractivity contribution in [3.8, 4) is 0 Å². The molecule has 0 aromatic heterocycles. The van der Waals surface area contributed by atoms with E-state index in [1.165, 1.54) is 11.1 Å². The molecule has 1 aliphatic heterocycles. The Morgan fingerprint density at radius 3 is 2.21 bits per heavy atom. The molecule has 1 heterocycles. The Balaban J connectivity index is 1.84. The molecule has 0 aliphatic carbocycles. The molecule has 0 spiro atoms. The quantitative estimate of drug-likeness (QED) is 0.887. The summed E-state index contributed by atoms with van der Waals surface area (Å²) >= 11 is 0. The maximum absolute atomic E-state index is 11.2. The molecule has 0 bridgehead atoms. The molecule has 2 aromatic carbocycles. The van der Waals surface area contributed by atoms with Gasteiger partial charge in [0, 0.05) is 25.0 Å². The molecule has 1 aliphatic rings. The zero-order chi connectivity index (χ0) is 16.8. The lowest BCUT2D eigenvalue weighted by atomic mass is 9.90. The number of carboxylic acids is 1. The monoisotopic (exact) mass is 325 g/mol. The lowest BCUT2D eigenvalue weighted by Gasteiger charge is -2.37. The number of benzene rings is 2. The first kappa shape index (κ1) is 16.7. The van der Waals surface area contributed by atoms with Gasteiger partial charge in [-0.3, -0.25) is 9.69 Å². The van der Waals surface area contributed by atoms with Crippen LogP contribution in [0.15, 0.2) is 60.7 Å². The van der Waals surface area contributed by atoms with Gasteiger partial charge in [0.05, 0.1) is 19.6 Å². The number of carbonyl (C=O) groups is 1. The molecule has 4 heteroatoms. The number of aliphatic carboxylic acids is 1. The van der Waals surface area contributed by atoms with Gasteiger partial charge in [-0.25, -0.2) is 0 Å². The molecule has 1 fully saturated rings. The van der Waals surface area contributed by atoms with Gasteiger partial charge in [-0.2, -0.15) is 0 Å². The first-order valence-electron chi connectivity index (χ1n) is 8.37. The summed E-state index contributed by atoms with van der Waals surface area (Å²) in [5.41, 5.74) is 2.51. The predicted molar refractivity (Wildman–Crippen MR) is 93.2 cm³/mol. The fourth-order valence-electron chi connectivity index (χ4n) is 3.33. The summed E-state index contributed by atoms with van der Waals surface area (Å²) in [6.07, 6.45) is 0.121. The third-order valence-electron chi connectivity index (χ3n) is 4.58. The zero-order valence-corrected chi connectivity index (χ0v) is 13.7. The summed E-state index contributed by atoms with van der Waals surface area (Å²) in [7, 11) is 0. The van der Waals surface area contributed by atoms with Crippen LogP contribution in [0.5, 0.6) is 0 Å². The topological polar surface area (TPSA) is 49.8 Å². The summed E-state index contributed by atoms with van der Waals surface area (Å²) < 4.78 is 5.50. The van der Waals surface area contributed by atoms with Crippen LogP contribution in [0.4, 0.5) is 0 Å². The van der Waals surface area contributed by atoms with Crippen molar-refractivity contribution < 1.29 is 14.6 Å². The van der Waals surface area contributed by atoms with Gasteiger partial charge in [0.25, 0.3) is 0 Å². The Kier molecular flexibility index (Phi) is 5.62. The summed E-state index contributed by atoms with van der Waals surface area (Å²) in [6.45, 7) is 2.72. The van der Waals surface area contributed by atoms with Crippen LogP contribution in [0, 0.1) is 0 Å². The van der Waals surface area contributed by atoms with Crippen LogP contribution < -0.4 is 0 Å². The second-order valence-electron chi connectivity index (χ2n) is 6.20. The second kappa shape index (κ2) is 8.08. The number of hydrogen-bond acceptors (Lipinski definition) is 3. The van der Waals surface area contributed by atoms with E-state index in [1.807, 2.05) is 12.1 Å². The SMILES string of the molecule is O=C(O)C[C@H]1COCCN1CC(c1ccccc1)c1ccccc1. The van der Waals surface area contributed by atoms with Crippen LogP contribution in [0.1, 0.15) is 23.5 Å². The second-order valence-corrected chi connectivity index (χ2v) is 6.20. The minimum atomic E-state index is -0.772. The molecule has 0 radical (unpaired) electrons. The molecular weight excluding hydrogens is 302 g/mol. The Hall–Kier alpha value is -2.17. The van der Waals surface area contributed by atoms with Gasteiger partial charge in [0.15, 0.2) is 0 Å². The average Bonchev–Trinajstić information content (AvgIpc) is 2.62. The maximum atomic E-state index is 11.2. The molecule has 0 amide bonds. The first-order chi connectivity index (χ1) is 11.7. The molecule has 4 nitrogen and oxygen atoms in total. The molecule has 0 saturated carbocycles. The van der Waals surface area contributed by atoms with Crippen molar-refractivity contribution in [2.45, 2.75) is 18.4 Å². The molecule has 2 aromatic rings. The molecule has 1 saturated heterocycles. The Morgan fingerprint density at radius 2 is 1.67 bits per heavy atom. The lowest BCUT2D eigenvalue weighted by molar-refractivity contribution is -0.140. The smallest absolute Gasteiger partial charge is 0.305 e. The van der Waals surface area contributed by atoms with Gasteiger partial charge in [0.1, 0.15) is 0 Å². The minimum absolute atomic E-state index is 0.0637. The summed E-state index contributed by atoms with van der Waals surface area (Å²) in [5, 5.41) is 9.17.